The summed E-state index contributed by atoms with van der Waals surface area (Å²) in [6.45, 7) is 0. The fraction of sp³-hybridized carbons (Fsp3) is 0. The normalized spacial score (nSPS) is 8.31. The first-order valence-electron chi connectivity index (χ1n) is 3.99. The number of hydrogen-bond acceptors (Lipinski definition) is 4. The molecular formula is C10H7ClNNaO2S. The summed E-state index contributed by atoms with van der Waals surface area (Å²) in [7, 11) is 0. The molecule has 2 rings (SSSR count). The summed E-state index contributed by atoms with van der Waals surface area (Å²) in [4.78, 5) is 13.7. The Labute approximate surface area is 124 Å². The van der Waals surface area contributed by atoms with Crippen LogP contribution in [0.15, 0.2) is 41.4 Å². The van der Waals surface area contributed by atoms with Crippen molar-refractivity contribution in [2.45, 2.75) is 0 Å². The Morgan fingerprint density at radius 2 is 2.19 bits per heavy atom. The number of aromatic nitrogens is 1. The number of nitrogens with zero attached hydrogens (tertiary/aromatic N) is 1. The summed E-state index contributed by atoms with van der Waals surface area (Å²) >= 11 is 6.82. The Morgan fingerprint density at radius 3 is 2.44 bits per heavy atom. The van der Waals surface area contributed by atoms with Crippen molar-refractivity contribution < 1.29 is 39.5 Å². The number of aromatic carboxylic acids is 1. The maximum absolute atomic E-state index is 9.96. The van der Waals surface area contributed by atoms with Crippen LogP contribution >= 0.6 is 22.9 Å². The summed E-state index contributed by atoms with van der Waals surface area (Å²) < 4.78 is 0. The Bertz CT molecular complexity index is 408. The Hall–Kier alpha value is -0.390. The number of thiophene rings is 1. The molecule has 0 radical (unpaired) electrons. The fourth-order valence-corrected chi connectivity index (χ4v) is 1.48. The van der Waals surface area contributed by atoms with Gasteiger partial charge in [0.15, 0.2) is 0 Å². The molecule has 0 aromatic carbocycles. The quantitative estimate of drug-likeness (QED) is 0.611. The number of carbonyl (C=O) groups is 1. The van der Waals surface area contributed by atoms with Crippen molar-refractivity contribution in [1.82, 2.24) is 4.98 Å². The third-order valence-corrected chi connectivity index (χ3v) is 2.29. The summed E-state index contributed by atoms with van der Waals surface area (Å²) in [5.41, 5.74) is 0.259. The van der Waals surface area contributed by atoms with Crippen molar-refractivity contribution in [3.63, 3.8) is 0 Å². The number of carboxylic acids is 1. The van der Waals surface area contributed by atoms with Gasteiger partial charge in [0.05, 0.1) is 11.0 Å². The maximum atomic E-state index is 9.96. The predicted molar refractivity (Wildman–Crippen MR) is 57.9 cm³/mol. The van der Waals surface area contributed by atoms with E-state index in [0.29, 0.717) is 5.02 Å². The van der Waals surface area contributed by atoms with E-state index in [9.17, 15) is 9.90 Å². The van der Waals surface area contributed by atoms with Gasteiger partial charge in [0, 0.05) is 18.0 Å². The molecule has 0 unspecified atom stereocenters. The van der Waals surface area contributed by atoms with Gasteiger partial charge in [-0.1, -0.05) is 11.6 Å². The largest absolute Gasteiger partial charge is 1.00 e. The minimum absolute atomic E-state index is 0. The van der Waals surface area contributed by atoms with Gasteiger partial charge in [-0.25, -0.2) is 0 Å². The molecule has 3 nitrogen and oxygen atoms in total. The number of carbonyl (C=O) groups excluding carboxylic acids is 1. The Balaban J connectivity index is 0.000000267. The van der Waals surface area contributed by atoms with Crippen LogP contribution in [-0.2, 0) is 0 Å². The molecule has 0 spiro atoms. The van der Waals surface area contributed by atoms with Crippen molar-refractivity contribution >= 4 is 28.9 Å². The first kappa shape index (κ1) is 15.6. The van der Waals surface area contributed by atoms with Crippen molar-refractivity contribution in [1.29, 1.82) is 0 Å². The van der Waals surface area contributed by atoms with Gasteiger partial charge < -0.3 is 9.90 Å². The molecule has 0 bridgehead atoms. The Kier molecular flexibility index (Phi) is 8.51. The predicted octanol–water partition coefficient (Wildman–Crippen LogP) is -1.15. The van der Waals surface area contributed by atoms with Crippen LogP contribution in [0.1, 0.15) is 10.4 Å². The van der Waals surface area contributed by atoms with Gasteiger partial charge in [-0.3, -0.25) is 4.98 Å². The molecule has 0 amide bonds. The second-order valence-corrected chi connectivity index (χ2v) is 3.69. The smallest absolute Gasteiger partial charge is 0.545 e. The summed E-state index contributed by atoms with van der Waals surface area (Å²) in [5.74, 6) is -1.11. The van der Waals surface area contributed by atoms with E-state index < -0.39 is 5.97 Å². The second kappa shape index (κ2) is 8.73. The first-order chi connectivity index (χ1) is 7.20. The molecule has 6 heteroatoms. The van der Waals surface area contributed by atoms with Crippen LogP contribution in [-0.4, -0.2) is 11.0 Å². The van der Waals surface area contributed by atoms with Gasteiger partial charge in [0.25, 0.3) is 0 Å². The zero-order valence-corrected chi connectivity index (χ0v) is 12.2. The zero-order valence-electron chi connectivity index (χ0n) is 8.59. The van der Waals surface area contributed by atoms with E-state index in [1.807, 2.05) is 0 Å². The number of hydrogen-bond donors (Lipinski definition) is 0. The molecule has 78 valence electrons. The van der Waals surface area contributed by atoms with Gasteiger partial charge in [0.2, 0.25) is 0 Å². The average Bonchev–Trinajstić information content (AvgIpc) is 2.72. The van der Waals surface area contributed by atoms with Crippen molar-refractivity contribution in [2.75, 3.05) is 0 Å². The van der Waals surface area contributed by atoms with Gasteiger partial charge in [-0.2, -0.15) is 11.3 Å². The van der Waals surface area contributed by atoms with E-state index in [0.717, 1.165) is 0 Å². The summed E-state index contributed by atoms with van der Waals surface area (Å²) in [6, 6.07) is 5.09. The van der Waals surface area contributed by atoms with Crippen LogP contribution in [0, 0.1) is 0 Å². The molecule has 0 aliphatic carbocycles. The molecule has 0 N–H and O–H groups in total. The molecule has 0 saturated carbocycles. The molecule has 2 heterocycles. The van der Waals surface area contributed by atoms with Crippen molar-refractivity contribution in [2.24, 2.45) is 0 Å². The van der Waals surface area contributed by atoms with Crippen LogP contribution in [0.2, 0.25) is 5.02 Å². The van der Waals surface area contributed by atoms with E-state index >= 15 is 0 Å². The first-order valence-corrected chi connectivity index (χ1v) is 5.31. The van der Waals surface area contributed by atoms with E-state index in [4.69, 9.17) is 11.6 Å². The van der Waals surface area contributed by atoms with Gasteiger partial charge in [-0.05, 0) is 29.0 Å². The number of pyridine rings is 1. The molecule has 0 saturated heterocycles. The van der Waals surface area contributed by atoms with E-state index in [-0.39, 0.29) is 35.1 Å². The third-order valence-electron chi connectivity index (χ3n) is 1.38. The SMILES string of the molecule is Clc1cccnc1.O=C([O-])c1ccsc1.[Na+]. The minimum atomic E-state index is -1.11. The number of halogens is 1. The van der Waals surface area contributed by atoms with Crippen LogP contribution in [0.5, 0.6) is 0 Å². The molecule has 2 aromatic rings. The van der Waals surface area contributed by atoms with Crippen LogP contribution in [0.3, 0.4) is 0 Å². The fourth-order valence-electron chi connectivity index (χ4n) is 0.723. The van der Waals surface area contributed by atoms with Gasteiger partial charge >= 0.3 is 29.6 Å². The van der Waals surface area contributed by atoms with Gasteiger partial charge in [-0.15, -0.1) is 0 Å². The molecule has 0 aliphatic heterocycles. The van der Waals surface area contributed by atoms with Gasteiger partial charge in [0.1, 0.15) is 0 Å². The van der Waals surface area contributed by atoms with E-state index in [1.54, 1.807) is 29.9 Å². The standard InChI is InChI=1S/C5H4ClN.C5H4O2S.Na/c6-5-2-1-3-7-4-5;6-5(7)4-1-2-8-3-4;/h1-4H;1-3H,(H,6,7);/q;;+1/p-1. The van der Waals surface area contributed by atoms with E-state index in [1.165, 1.54) is 22.8 Å². The summed E-state index contributed by atoms with van der Waals surface area (Å²) in [5, 5.41) is 13.9. The minimum Gasteiger partial charge on any atom is -0.545 e. The zero-order chi connectivity index (χ0) is 11.1. The Morgan fingerprint density at radius 1 is 1.44 bits per heavy atom. The molecule has 0 aliphatic rings. The van der Waals surface area contributed by atoms with Crippen LogP contribution < -0.4 is 34.7 Å². The maximum Gasteiger partial charge on any atom is 1.00 e. The molecule has 0 atom stereocenters. The van der Waals surface area contributed by atoms with Crippen LogP contribution in [0.4, 0.5) is 0 Å². The van der Waals surface area contributed by atoms with E-state index in [2.05, 4.69) is 4.98 Å². The molecule has 0 fully saturated rings. The number of rotatable bonds is 1. The second-order valence-electron chi connectivity index (χ2n) is 2.47. The molecule has 16 heavy (non-hydrogen) atoms. The van der Waals surface area contributed by atoms with Crippen molar-refractivity contribution in [3.8, 4) is 0 Å². The third kappa shape index (κ3) is 6.25. The topological polar surface area (TPSA) is 53.0 Å². The summed E-state index contributed by atoms with van der Waals surface area (Å²) in [6.07, 6.45) is 3.29. The molecular weight excluding hydrogens is 257 g/mol. The van der Waals surface area contributed by atoms with Crippen LogP contribution in [0.25, 0.3) is 0 Å². The average molecular weight is 264 g/mol. The molecule has 2 aromatic heterocycles. The van der Waals surface area contributed by atoms with Crippen molar-refractivity contribution in [3.05, 3.63) is 51.9 Å². The number of carboxylic acid groups (broad SMARTS) is 1. The monoisotopic (exact) mass is 263 g/mol.